The van der Waals surface area contributed by atoms with Gasteiger partial charge in [0.1, 0.15) is 5.69 Å². The number of benzene rings is 2. The molecule has 124 valence electrons. The van der Waals surface area contributed by atoms with Crippen molar-refractivity contribution in [2.24, 2.45) is 0 Å². The summed E-state index contributed by atoms with van der Waals surface area (Å²) in [7, 11) is -4.40. The van der Waals surface area contributed by atoms with Crippen LogP contribution in [0.15, 0.2) is 35.2 Å². The Hall–Kier alpha value is -2.09. The van der Waals surface area contributed by atoms with E-state index in [9.17, 15) is 26.0 Å². The zero-order valence-electron chi connectivity index (χ0n) is 12.2. The molecule has 0 heterocycles. The zero-order chi connectivity index (χ0) is 17.4. The third kappa shape index (κ3) is 3.47. The topological polar surface area (TPSA) is 46.2 Å². The van der Waals surface area contributed by atoms with Crippen molar-refractivity contribution in [2.45, 2.75) is 24.7 Å². The summed E-state index contributed by atoms with van der Waals surface area (Å²) in [6, 6.07) is 5.56. The summed E-state index contributed by atoms with van der Waals surface area (Å²) in [5, 5.41) is 0. The molecule has 0 aliphatic heterocycles. The fourth-order valence-electron chi connectivity index (χ4n) is 1.89. The van der Waals surface area contributed by atoms with E-state index in [4.69, 9.17) is 0 Å². The third-order valence-electron chi connectivity index (χ3n) is 3.21. The summed E-state index contributed by atoms with van der Waals surface area (Å²) in [6.45, 7) is 3.81. The zero-order valence-corrected chi connectivity index (χ0v) is 13.0. The second-order valence-electron chi connectivity index (χ2n) is 5.17. The molecule has 0 fully saturated rings. The van der Waals surface area contributed by atoms with E-state index < -0.39 is 39.0 Å². The molecule has 3 nitrogen and oxygen atoms in total. The van der Waals surface area contributed by atoms with Crippen molar-refractivity contribution in [2.75, 3.05) is 4.72 Å². The molecule has 2 aromatic carbocycles. The van der Waals surface area contributed by atoms with Gasteiger partial charge in [0.25, 0.3) is 10.0 Å². The van der Waals surface area contributed by atoms with Crippen LogP contribution in [0, 0.1) is 23.3 Å². The van der Waals surface area contributed by atoms with E-state index in [0.717, 1.165) is 5.56 Å². The van der Waals surface area contributed by atoms with Crippen LogP contribution < -0.4 is 4.72 Å². The first-order chi connectivity index (χ1) is 10.6. The number of sulfonamides is 1. The highest BCUT2D eigenvalue weighted by Gasteiger charge is 2.24. The van der Waals surface area contributed by atoms with Gasteiger partial charge in [-0.05, 0) is 23.6 Å². The van der Waals surface area contributed by atoms with Gasteiger partial charge >= 0.3 is 0 Å². The summed E-state index contributed by atoms with van der Waals surface area (Å²) in [6.07, 6.45) is 0. The Labute approximate surface area is 131 Å². The van der Waals surface area contributed by atoms with Crippen LogP contribution in [0.25, 0.3) is 0 Å². The first-order valence-electron chi connectivity index (χ1n) is 6.59. The Morgan fingerprint density at radius 3 is 1.83 bits per heavy atom. The molecule has 0 amide bonds. The van der Waals surface area contributed by atoms with E-state index in [0.29, 0.717) is 0 Å². The van der Waals surface area contributed by atoms with Crippen LogP contribution in [0.4, 0.5) is 23.2 Å². The highest BCUT2D eigenvalue weighted by Crippen LogP contribution is 2.27. The molecule has 0 aliphatic carbocycles. The summed E-state index contributed by atoms with van der Waals surface area (Å²) >= 11 is 0. The molecule has 0 aliphatic rings. The smallest absolute Gasteiger partial charge is 0.262 e. The second-order valence-corrected chi connectivity index (χ2v) is 6.85. The van der Waals surface area contributed by atoms with Gasteiger partial charge in [0.2, 0.25) is 0 Å². The maximum Gasteiger partial charge on any atom is 0.262 e. The maximum atomic E-state index is 13.5. The molecule has 8 heteroatoms. The molecule has 0 saturated heterocycles. The molecule has 0 spiro atoms. The highest BCUT2D eigenvalue weighted by atomic mass is 32.2. The molecule has 0 saturated carbocycles. The van der Waals surface area contributed by atoms with Gasteiger partial charge < -0.3 is 0 Å². The van der Waals surface area contributed by atoms with Gasteiger partial charge in [0.15, 0.2) is 23.3 Å². The Morgan fingerprint density at radius 2 is 1.39 bits per heavy atom. The summed E-state index contributed by atoms with van der Waals surface area (Å²) < 4.78 is 79.1. The number of nitrogens with one attached hydrogen (secondary N) is 1. The van der Waals surface area contributed by atoms with Crippen molar-refractivity contribution in [3.8, 4) is 0 Å². The van der Waals surface area contributed by atoms with Crippen molar-refractivity contribution >= 4 is 15.7 Å². The lowest BCUT2D eigenvalue weighted by atomic mass is 10.0. The van der Waals surface area contributed by atoms with Crippen LogP contribution in [0.1, 0.15) is 25.3 Å². The highest BCUT2D eigenvalue weighted by molar-refractivity contribution is 7.92. The average molecular weight is 347 g/mol. The molecule has 0 atom stereocenters. The van der Waals surface area contributed by atoms with E-state index in [1.807, 2.05) is 13.8 Å². The van der Waals surface area contributed by atoms with Gasteiger partial charge in [0, 0.05) is 6.07 Å². The number of hydrogen-bond donors (Lipinski definition) is 1. The molecule has 0 unspecified atom stereocenters. The Balaban J connectivity index is 2.43. The largest absolute Gasteiger partial charge is 0.274 e. The lowest BCUT2D eigenvalue weighted by molar-refractivity contribution is 0.459. The van der Waals surface area contributed by atoms with Crippen LogP contribution in [-0.2, 0) is 10.0 Å². The van der Waals surface area contributed by atoms with E-state index >= 15 is 0 Å². The SMILES string of the molecule is CC(C)c1ccc(S(=O)(=O)Nc2c(F)c(F)cc(F)c2F)cc1. The van der Waals surface area contributed by atoms with Gasteiger partial charge in [-0.15, -0.1) is 0 Å². The first-order valence-corrected chi connectivity index (χ1v) is 8.07. The van der Waals surface area contributed by atoms with Crippen LogP contribution in [0.5, 0.6) is 0 Å². The molecule has 0 aromatic heterocycles. The van der Waals surface area contributed by atoms with Crippen LogP contribution in [-0.4, -0.2) is 8.42 Å². The quantitative estimate of drug-likeness (QED) is 0.667. The van der Waals surface area contributed by atoms with Gasteiger partial charge in [0.05, 0.1) is 4.90 Å². The van der Waals surface area contributed by atoms with E-state index in [1.165, 1.54) is 24.3 Å². The minimum Gasteiger partial charge on any atom is -0.274 e. The molecule has 2 rings (SSSR count). The summed E-state index contributed by atoms with van der Waals surface area (Å²) in [5.41, 5.74) is -0.534. The third-order valence-corrected chi connectivity index (χ3v) is 4.57. The van der Waals surface area contributed by atoms with Gasteiger partial charge in [-0.2, -0.15) is 0 Å². The minimum absolute atomic E-state index is 0.000103. The van der Waals surface area contributed by atoms with Gasteiger partial charge in [-0.25, -0.2) is 26.0 Å². The van der Waals surface area contributed by atoms with E-state index in [2.05, 4.69) is 0 Å². The number of rotatable bonds is 4. The summed E-state index contributed by atoms with van der Waals surface area (Å²) in [5.74, 6) is -6.86. The Kier molecular flexibility index (Phi) is 4.65. The first kappa shape index (κ1) is 17.3. The monoisotopic (exact) mass is 347 g/mol. The Morgan fingerprint density at radius 1 is 0.913 bits per heavy atom. The standard InChI is InChI=1S/C15H13F4NO2S/c1-8(2)9-3-5-10(6-4-9)23(21,22)20-15-13(18)11(16)7-12(17)14(15)19/h3-8,20H,1-2H3. The molecule has 2 aromatic rings. The molecule has 1 N–H and O–H groups in total. The normalized spacial score (nSPS) is 11.8. The van der Waals surface area contributed by atoms with Crippen molar-refractivity contribution in [1.29, 1.82) is 0 Å². The number of hydrogen-bond acceptors (Lipinski definition) is 2. The van der Waals surface area contributed by atoms with Crippen LogP contribution >= 0.6 is 0 Å². The molecule has 23 heavy (non-hydrogen) atoms. The fraction of sp³-hybridized carbons (Fsp3) is 0.200. The lowest BCUT2D eigenvalue weighted by Crippen LogP contribution is -2.16. The van der Waals surface area contributed by atoms with E-state index in [-0.39, 0.29) is 16.9 Å². The maximum absolute atomic E-state index is 13.5. The van der Waals surface area contributed by atoms with Crippen molar-refractivity contribution in [3.63, 3.8) is 0 Å². The van der Waals surface area contributed by atoms with Crippen LogP contribution in [0.2, 0.25) is 0 Å². The predicted octanol–water partition coefficient (Wildman–Crippen LogP) is 4.17. The summed E-state index contributed by atoms with van der Waals surface area (Å²) in [4.78, 5) is -0.287. The second kappa shape index (κ2) is 6.19. The fourth-order valence-corrected chi connectivity index (χ4v) is 2.95. The minimum atomic E-state index is -4.40. The molecule has 0 bridgehead atoms. The molecule has 0 radical (unpaired) electrons. The van der Waals surface area contributed by atoms with Crippen molar-refractivity contribution in [3.05, 3.63) is 59.2 Å². The van der Waals surface area contributed by atoms with Crippen LogP contribution in [0.3, 0.4) is 0 Å². The van der Waals surface area contributed by atoms with E-state index in [1.54, 1.807) is 4.72 Å². The Bertz CT molecular complexity index is 807. The number of anilines is 1. The van der Waals surface area contributed by atoms with Gasteiger partial charge in [-0.3, -0.25) is 4.72 Å². The predicted molar refractivity (Wildman–Crippen MR) is 77.6 cm³/mol. The van der Waals surface area contributed by atoms with Gasteiger partial charge in [-0.1, -0.05) is 26.0 Å². The number of halogens is 4. The molecular weight excluding hydrogens is 334 g/mol. The molecular formula is C15H13F4NO2S. The van der Waals surface area contributed by atoms with Crippen molar-refractivity contribution in [1.82, 2.24) is 0 Å². The van der Waals surface area contributed by atoms with Crippen molar-refractivity contribution < 1.29 is 26.0 Å². The lowest BCUT2D eigenvalue weighted by Gasteiger charge is -2.12. The average Bonchev–Trinajstić information content (AvgIpc) is 2.49.